The van der Waals surface area contributed by atoms with Crippen LogP contribution in [-0.4, -0.2) is 9.13 Å². The van der Waals surface area contributed by atoms with Gasteiger partial charge in [-0.2, -0.15) is 0 Å². The summed E-state index contributed by atoms with van der Waals surface area (Å²) in [5.41, 5.74) is 15.1. The lowest BCUT2D eigenvalue weighted by atomic mass is 9.87. The van der Waals surface area contributed by atoms with Crippen LogP contribution in [0.15, 0.2) is 251 Å². The molecule has 4 nitrogen and oxygen atoms in total. The van der Waals surface area contributed by atoms with Crippen molar-refractivity contribution in [2.24, 2.45) is 0 Å². The fraction of sp³-hybridized carbons (Fsp3) is 0. The molecule has 0 atom stereocenters. The van der Waals surface area contributed by atoms with E-state index in [9.17, 15) is 0 Å². The normalized spacial score (nSPS) is 12.3. The molecule has 4 heterocycles. The van der Waals surface area contributed by atoms with Crippen LogP contribution in [0.3, 0.4) is 0 Å². The van der Waals surface area contributed by atoms with Crippen molar-refractivity contribution in [2.75, 3.05) is 0 Å². The molecule has 0 saturated carbocycles. The summed E-state index contributed by atoms with van der Waals surface area (Å²) in [6.07, 6.45) is 0. The third-order valence-electron chi connectivity index (χ3n) is 16.0. The molecule has 74 heavy (non-hydrogen) atoms. The van der Waals surface area contributed by atoms with Gasteiger partial charge in [-0.3, -0.25) is 0 Å². The molecule has 4 aromatic heterocycles. The summed E-state index contributed by atoms with van der Waals surface area (Å²) in [5.74, 6) is 0. The maximum Gasteiger partial charge on any atom is 0.143 e. The molecule has 0 aliphatic carbocycles. The number of para-hydroxylation sites is 8. The van der Waals surface area contributed by atoms with Gasteiger partial charge in [-0.25, -0.2) is 0 Å². The second-order valence-corrected chi connectivity index (χ2v) is 19.8. The van der Waals surface area contributed by atoms with Crippen LogP contribution in [0.4, 0.5) is 0 Å². The number of aromatic nitrogens is 2. The maximum absolute atomic E-state index is 7.07. The van der Waals surface area contributed by atoms with E-state index in [1.807, 2.05) is 0 Å². The quantitative estimate of drug-likeness (QED) is 0.130. The minimum absolute atomic E-state index is 0.878. The largest absolute Gasteiger partial charge is 0.455 e. The predicted molar refractivity (Wildman–Crippen MR) is 311 cm³/mol. The highest BCUT2D eigenvalue weighted by Gasteiger charge is 2.25. The Labute approximate surface area is 422 Å². The lowest BCUT2D eigenvalue weighted by Gasteiger charge is -2.18. The van der Waals surface area contributed by atoms with Crippen LogP contribution in [0.25, 0.3) is 164 Å². The smallest absolute Gasteiger partial charge is 0.143 e. The van der Waals surface area contributed by atoms with Crippen molar-refractivity contribution in [3.05, 3.63) is 243 Å². The summed E-state index contributed by atoms with van der Waals surface area (Å²) in [6.45, 7) is 0. The molecule has 0 radical (unpaired) electrons. The lowest BCUT2D eigenvalue weighted by Crippen LogP contribution is -1.96. The number of benzene rings is 13. The summed E-state index contributed by atoms with van der Waals surface area (Å²) >= 11 is 0. The highest BCUT2D eigenvalue weighted by molar-refractivity contribution is 6.33. The standard InChI is InChI=1S/C70H40N2O2/c1-3-17-43(18-4-1)71-61-29-11-7-21-45(61)51-25-15-27-53(67(51)71)59-39-41-37-58-42(38-57(41)65-49(59)33-35-55-47-23-9-13-31-63(47)73-69(55)65)40-60(50-34-36-56-48-24-10-14-32-64(48)74-70(56)66(50)58)54-28-16-26-52-46-22-8-12-30-62(46)72(68(52)54)44-19-5-2-6-20-44/h1-40H. The van der Waals surface area contributed by atoms with Crippen LogP contribution in [0.1, 0.15) is 0 Å². The van der Waals surface area contributed by atoms with E-state index in [1.54, 1.807) is 0 Å². The third-order valence-corrected chi connectivity index (χ3v) is 16.0. The maximum atomic E-state index is 7.07. The molecule has 17 aromatic rings. The van der Waals surface area contributed by atoms with Crippen molar-refractivity contribution in [2.45, 2.75) is 0 Å². The number of fused-ring (bicyclic) bond motifs is 20. The van der Waals surface area contributed by atoms with Crippen LogP contribution >= 0.6 is 0 Å². The van der Waals surface area contributed by atoms with Gasteiger partial charge in [-0.15, -0.1) is 0 Å². The summed E-state index contributed by atoms with van der Waals surface area (Å²) in [5, 5.41) is 18.3. The van der Waals surface area contributed by atoms with Crippen molar-refractivity contribution in [1.29, 1.82) is 0 Å². The van der Waals surface area contributed by atoms with Gasteiger partial charge in [0.25, 0.3) is 0 Å². The Balaban J connectivity index is 1.06. The van der Waals surface area contributed by atoms with E-state index in [-0.39, 0.29) is 0 Å². The second kappa shape index (κ2) is 14.8. The molecule has 17 rings (SSSR count). The first-order chi connectivity index (χ1) is 36.7. The molecule has 0 N–H and O–H groups in total. The zero-order chi connectivity index (χ0) is 48.2. The van der Waals surface area contributed by atoms with Gasteiger partial charge < -0.3 is 18.0 Å². The fourth-order valence-electron chi connectivity index (χ4n) is 12.9. The highest BCUT2D eigenvalue weighted by Crippen LogP contribution is 2.50. The Morgan fingerprint density at radius 3 is 1.08 bits per heavy atom. The molecule has 0 aliphatic heterocycles. The Morgan fingerprint density at radius 1 is 0.243 bits per heavy atom. The predicted octanol–water partition coefficient (Wildman–Crippen LogP) is 19.6. The Bertz CT molecular complexity index is 4910. The number of hydrogen-bond donors (Lipinski definition) is 0. The molecular formula is C70H40N2O2. The second-order valence-electron chi connectivity index (χ2n) is 19.8. The first-order valence-electron chi connectivity index (χ1n) is 25.4. The minimum atomic E-state index is 0.878. The summed E-state index contributed by atoms with van der Waals surface area (Å²) in [7, 11) is 0. The van der Waals surface area contributed by atoms with Crippen molar-refractivity contribution in [1.82, 2.24) is 9.13 Å². The van der Waals surface area contributed by atoms with Gasteiger partial charge in [-0.05, 0) is 128 Å². The van der Waals surface area contributed by atoms with Gasteiger partial charge in [0.1, 0.15) is 22.3 Å². The fourth-order valence-corrected chi connectivity index (χ4v) is 12.9. The van der Waals surface area contributed by atoms with Gasteiger partial charge >= 0.3 is 0 Å². The molecule has 0 fully saturated rings. The van der Waals surface area contributed by atoms with E-state index in [2.05, 4.69) is 252 Å². The Morgan fingerprint density at radius 2 is 0.622 bits per heavy atom. The van der Waals surface area contributed by atoms with Crippen molar-refractivity contribution < 1.29 is 8.83 Å². The van der Waals surface area contributed by atoms with Crippen LogP contribution < -0.4 is 0 Å². The topological polar surface area (TPSA) is 36.1 Å². The van der Waals surface area contributed by atoms with Crippen LogP contribution in [0.5, 0.6) is 0 Å². The van der Waals surface area contributed by atoms with E-state index in [0.717, 1.165) is 121 Å². The monoisotopic (exact) mass is 940 g/mol. The highest BCUT2D eigenvalue weighted by atomic mass is 16.3. The summed E-state index contributed by atoms with van der Waals surface area (Å²) in [6, 6.07) is 88.6. The summed E-state index contributed by atoms with van der Waals surface area (Å²) in [4.78, 5) is 0. The zero-order valence-electron chi connectivity index (χ0n) is 39.8. The molecular weight excluding hydrogens is 901 g/mol. The van der Waals surface area contributed by atoms with Crippen LogP contribution in [0, 0.1) is 0 Å². The van der Waals surface area contributed by atoms with E-state index >= 15 is 0 Å². The van der Waals surface area contributed by atoms with Crippen LogP contribution in [-0.2, 0) is 0 Å². The van der Waals surface area contributed by atoms with Gasteiger partial charge in [-0.1, -0.05) is 158 Å². The SMILES string of the molecule is c1ccc(-n2c3ccccc3c3cccc(-c4cc5cc6c(cc(-c7cccc8c9ccccc9n(-c9ccccc9)c78)c7ccc8c9ccccc9oc8c76)cc5c5c4ccc4c6ccccc6oc45)c32)cc1. The first kappa shape index (κ1) is 39.8. The molecule has 0 spiro atoms. The van der Waals surface area contributed by atoms with Crippen molar-refractivity contribution in [3.8, 4) is 33.6 Å². The van der Waals surface area contributed by atoms with E-state index < -0.39 is 0 Å². The van der Waals surface area contributed by atoms with E-state index in [4.69, 9.17) is 8.83 Å². The van der Waals surface area contributed by atoms with Gasteiger partial charge in [0.2, 0.25) is 0 Å². The zero-order valence-corrected chi connectivity index (χ0v) is 39.8. The lowest BCUT2D eigenvalue weighted by molar-refractivity contribution is 0.672. The number of rotatable bonds is 4. The van der Waals surface area contributed by atoms with E-state index in [0.29, 0.717) is 0 Å². The third kappa shape index (κ3) is 5.35. The first-order valence-corrected chi connectivity index (χ1v) is 25.4. The molecule has 0 saturated heterocycles. The summed E-state index contributed by atoms with van der Waals surface area (Å²) < 4.78 is 19.0. The molecule has 0 unspecified atom stereocenters. The van der Waals surface area contributed by atoms with E-state index in [1.165, 1.54) is 43.6 Å². The number of nitrogens with zero attached hydrogens (tertiary/aromatic N) is 2. The van der Waals surface area contributed by atoms with Gasteiger partial charge in [0, 0.05) is 76.4 Å². The number of hydrogen-bond acceptors (Lipinski definition) is 2. The molecule has 0 amide bonds. The van der Waals surface area contributed by atoms with Crippen molar-refractivity contribution in [3.63, 3.8) is 0 Å². The molecule has 4 heteroatoms. The number of furan rings is 2. The van der Waals surface area contributed by atoms with Crippen LogP contribution in [0.2, 0.25) is 0 Å². The molecule has 0 bridgehead atoms. The average Bonchev–Trinajstić information content (AvgIpc) is 4.23. The molecule has 0 aliphatic rings. The Hall–Kier alpha value is -9.90. The molecule has 13 aromatic carbocycles. The molecule has 342 valence electrons. The minimum Gasteiger partial charge on any atom is -0.455 e. The average molecular weight is 941 g/mol. The van der Waals surface area contributed by atoms with Gasteiger partial charge in [0.05, 0.1) is 22.1 Å². The van der Waals surface area contributed by atoms with Gasteiger partial charge in [0.15, 0.2) is 0 Å². The van der Waals surface area contributed by atoms with Crippen molar-refractivity contribution >= 4 is 131 Å². The Kier molecular flexibility index (Phi) is 7.97.